The number of rotatable bonds is 4. The lowest BCUT2D eigenvalue weighted by atomic mass is 10.0. The van der Waals surface area contributed by atoms with Crippen LogP contribution in [0.4, 0.5) is 0 Å². The van der Waals surface area contributed by atoms with Crippen LogP contribution < -0.4 is 0 Å². The molecule has 0 radical (unpaired) electrons. The van der Waals surface area contributed by atoms with Crippen LogP contribution >= 0.6 is 0 Å². The Morgan fingerprint density at radius 2 is 1.87 bits per heavy atom. The fraction of sp³-hybridized carbons (Fsp3) is 0.368. The van der Waals surface area contributed by atoms with Gasteiger partial charge >= 0.3 is 0 Å². The molecule has 1 fully saturated rings. The van der Waals surface area contributed by atoms with Gasteiger partial charge in [0.2, 0.25) is 10.0 Å². The van der Waals surface area contributed by atoms with Gasteiger partial charge in [0, 0.05) is 6.54 Å². The summed E-state index contributed by atoms with van der Waals surface area (Å²) in [5.41, 5.74) is 3.41. The summed E-state index contributed by atoms with van der Waals surface area (Å²) in [7, 11) is -3.44. The lowest BCUT2D eigenvalue weighted by Gasteiger charge is -2.25. The van der Waals surface area contributed by atoms with Crippen molar-refractivity contribution >= 4 is 10.0 Å². The van der Waals surface area contributed by atoms with Gasteiger partial charge in [-0.05, 0) is 49.4 Å². The van der Waals surface area contributed by atoms with Gasteiger partial charge in [-0.15, -0.1) is 0 Å². The minimum atomic E-state index is -3.44. The highest BCUT2D eigenvalue weighted by Gasteiger charge is 2.36. The molecular weight excluding hydrogens is 306 g/mol. The SMILES string of the molecule is CCc1ccc(S(=O)(=O)N2CCC[C@@H]2c2cccc(C)c2)cc1. The van der Waals surface area contributed by atoms with E-state index in [1.54, 1.807) is 16.4 Å². The summed E-state index contributed by atoms with van der Waals surface area (Å²) in [4.78, 5) is 0.397. The van der Waals surface area contributed by atoms with E-state index >= 15 is 0 Å². The largest absolute Gasteiger partial charge is 0.243 e. The number of hydrogen-bond acceptors (Lipinski definition) is 2. The molecule has 0 aromatic heterocycles. The zero-order valence-corrected chi connectivity index (χ0v) is 14.5. The zero-order valence-electron chi connectivity index (χ0n) is 13.7. The predicted molar refractivity (Wildman–Crippen MR) is 92.9 cm³/mol. The number of nitrogens with zero attached hydrogens (tertiary/aromatic N) is 1. The summed E-state index contributed by atoms with van der Waals surface area (Å²) in [6.07, 6.45) is 2.70. The van der Waals surface area contributed by atoms with E-state index in [4.69, 9.17) is 0 Å². The van der Waals surface area contributed by atoms with Gasteiger partial charge in [0.05, 0.1) is 10.9 Å². The molecule has 0 unspecified atom stereocenters. The van der Waals surface area contributed by atoms with Gasteiger partial charge < -0.3 is 0 Å². The zero-order chi connectivity index (χ0) is 16.4. The van der Waals surface area contributed by atoms with Crippen LogP contribution in [0.3, 0.4) is 0 Å². The second-order valence-corrected chi connectivity index (χ2v) is 8.08. The Morgan fingerprint density at radius 1 is 1.13 bits per heavy atom. The van der Waals surface area contributed by atoms with Crippen LogP contribution in [0.25, 0.3) is 0 Å². The van der Waals surface area contributed by atoms with E-state index in [1.165, 1.54) is 5.56 Å². The average molecular weight is 329 g/mol. The Balaban J connectivity index is 1.94. The molecule has 1 heterocycles. The lowest BCUT2D eigenvalue weighted by molar-refractivity contribution is 0.396. The molecule has 0 N–H and O–H groups in total. The first kappa shape index (κ1) is 16.2. The van der Waals surface area contributed by atoms with E-state index in [0.717, 1.165) is 30.4 Å². The third kappa shape index (κ3) is 3.19. The number of benzene rings is 2. The minimum Gasteiger partial charge on any atom is -0.207 e. The van der Waals surface area contributed by atoms with Crippen LogP contribution in [0, 0.1) is 6.92 Å². The van der Waals surface area contributed by atoms with Gasteiger partial charge in [-0.25, -0.2) is 8.42 Å². The smallest absolute Gasteiger partial charge is 0.207 e. The van der Waals surface area contributed by atoms with Gasteiger partial charge in [-0.1, -0.05) is 48.9 Å². The third-order valence-corrected chi connectivity index (χ3v) is 6.49. The highest BCUT2D eigenvalue weighted by atomic mass is 32.2. The molecule has 1 atom stereocenters. The monoisotopic (exact) mass is 329 g/mol. The molecule has 2 aromatic rings. The van der Waals surface area contributed by atoms with Gasteiger partial charge in [0.1, 0.15) is 0 Å². The fourth-order valence-electron chi connectivity index (χ4n) is 3.27. The Kier molecular flexibility index (Phi) is 4.55. The van der Waals surface area contributed by atoms with Crippen molar-refractivity contribution in [3.05, 3.63) is 65.2 Å². The lowest BCUT2D eigenvalue weighted by Crippen LogP contribution is -2.30. The number of aryl methyl sites for hydroxylation is 2. The Hall–Kier alpha value is -1.65. The second kappa shape index (κ2) is 6.46. The maximum atomic E-state index is 13.0. The molecule has 1 aliphatic rings. The van der Waals surface area contributed by atoms with Crippen molar-refractivity contribution in [3.63, 3.8) is 0 Å². The third-order valence-electron chi connectivity index (χ3n) is 4.57. The normalized spacial score (nSPS) is 19.1. The molecule has 0 bridgehead atoms. The van der Waals surface area contributed by atoms with Crippen molar-refractivity contribution in [3.8, 4) is 0 Å². The van der Waals surface area contributed by atoms with Crippen molar-refractivity contribution in [2.45, 2.75) is 44.0 Å². The van der Waals surface area contributed by atoms with Crippen LogP contribution in [0.15, 0.2) is 53.4 Å². The number of sulfonamides is 1. The molecule has 1 saturated heterocycles. The Bertz CT molecular complexity index is 781. The van der Waals surface area contributed by atoms with Crippen molar-refractivity contribution in [2.24, 2.45) is 0 Å². The van der Waals surface area contributed by atoms with Gasteiger partial charge in [0.15, 0.2) is 0 Å². The molecule has 2 aromatic carbocycles. The van der Waals surface area contributed by atoms with Crippen LogP contribution in [0.5, 0.6) is 0 Å². The fourth-order valence-corrected chi connectivity index (χ4v) is 4.95. The topological polar surface area (TPSA) is 37.4 Å². The van der Waals surface area contributed by atoms with E-state index in [1.807, 2.05) is 37.3 Å². The van der Waals surface area contributed by atoms with E-state index in [-0.39, 0.29) is 6.04 Å². The maximum absolute atomic E-state index is 13.0. The van der Waals surface area contributed by atoms with E-state index in [0.29, 0.717) is 11.4 Å². The molecule has 1 aliphatic heterocycles. The summed E-state index contributed by atoms with van der Waals surface area (Å²) >= 11 is 0. The molecule has 0 spiro atoms. The standard InChI is InChI=1S/C19H23NO2S/c1-3-16-9-11-18(12-10-16)23(21,22)20-13-5-8-19(20)17-7-4-6-15(2)14-17/h4,6-7,9-12,14,19H,3,5,8,13H2,1-2H3/t19-/m1/s1. The van der Waals surface area contributed by atoms with Crippen molar-refractivity contribution in [1.82, 2.24) is 4.31 Å². The van der Waals surface area contributed by atoms with E-state index in [9.17, 15) is 8.42 Å². The quantitative estimate of drug-likeness (QED) is 0.847. The molecular formula is C19H23NO2S. The van der Waals surface area contributed by atoms with Gasteiger partial charge in [-0.3, -0.25) is 0 Å². The summed E-state index contributed by atoms with van der Waals surface area (Å²) in [6.45, 7) is 4.70. The molecule has 122 valence electrons. The predicted octanol–water partition coefficient (Wildman–Crippen LogP) is 4.08. The number of hydrogen-bond donors (Lipinski definition) is 0. The van der Waals surface area contributed by atoms with Crippen LogP contribution in [0.1, 0.15) is 42.5 Å². The molecule has 23 heavy (non-hydrogen) atoms. The summed E-state index contributed by atoms with van der Waals surface area (Å²) in [5, 5.41) is 0. The van der Waals surface area contributed by atoms with Crippen molar-refractivity contribution < 1.29 is 8.42 Å². The first-order valence-electron chi connectivity index (χ1n) is 8.19. The molecule has 3 rings (SSSR count). The summed E-state index contributed by atoms with van der Waals surface area (Å²) in [6, 6.07) is 15.4. The summed E-state index contributed by atoms with van der Waals surface area (Å²) in [5.74, 6) is 0. The van der Waals surface area contributed by atoms with Crippen LogP contribution in [-0.4, -0.2) is 19.3 Å². The molecule has 0 amide bonds. The Labute approximate surface area is 139 Å². The van der Waals surface area contributed by atoms with E-state index in [2.05, 4.69) is 13.0 Å². The maximum Gasteiger partial charge on any atom is 0.243 e. The average Bonchev–Trinajstić information content (AvgIpc) is 3.05. The van der Waals surface area contributed by atoms with Gasteiger partial charge in [-0.2, -0.15) is 4.31 Å². The molecule has 0 aliphatic carbocycles. The summed E-state index contributed by atoms with van der Waals surface area (Å²) < 4.78 is 27.7. The molecule has 0 saturated carbocycles. The first-order valence-corrected chi connectivity index (χ1v) is 9.63. The van der Waals surface area contributed by atoms with Gasteiger partial charge in [0.25, 0.3) is 0 Å². The Morgan fingerprint density at radius 3 is 2.52 bits per heavy atom. The van der Waals surface area contributed by atoms with Crippen LogP contribution in [-0.2, 0) is 16.4 Å². The highest BCUT2D eigenvalue weighted by molar-refractivity contribution is 7.89. The minimum absolute atomic E-state index is 0.0502. The first-order chi connectivity index (χ1) is 11.0. The van der Waals surface area contributed by atoms with E-state index < -0.39 is 10.0 Å². The molecule has 3 nitrogen and oxygen atoms in total. The molecule has 4 heteroatoms. The van der Waals surface area contributed by atoms with Crippen molar-refractivity contribution in [1.29, 1.82) is 0 Å². The van der Waals surface area contributed by atoms with Crippen molar-refractivity contribution in [2.75, 3.05) is 6.54 Å². The highest BCUT2D eigenvalue weighted by Crippen LogP contribution is 2.36. The second-order valence-electron chi connectivity index (χ2n) is 6.19. The van der Waals surface area contributed by atoms with Crippen LogP contribution in [0.2, 0.25) is 0 Å².